The summed E-state index contributed by atoms with van der Waals surface area (Å²) in [6, 6.07) is 6.71. The molecule has 0 aliphatic carbocycles. The first-order valence-electron chi connectivity index (χ1n) is 8.41. The Kier molecular flexibility index (Phi) is 4.84. The number of rotatable bonds is 4. The first-order chi connectivity index (χ1) is 12.7. The van der Waals surface area contributed by atoms with E-state index in [0.717, 1.165) is 0 Å². The van der Waals surface area contributed by atoms with Gasteiger partial charge in [-0.15, -0.1) is 0 Å². The van der Waals surface area contributed by atoms with Crippen molar-refractivity contribution >= 4 is 22.6 Å². The molecule has 0 amide bonds. The lowest BCUT2D eigenvalue weighted by Crippen LogP contribution is -2.40. The minimum absolute atomic E-state index is 0.234. The van der Waals surface area contributed by atoms with Crippen molar-refractivity contribution < 1.29 is 18.3 Å². The molecule has 138 valence electrons. The van der Waals surface area contributed by atoms with Gasteiger partial charge in [-0.25, -0.2) is 4.39 Å². The molecule has 1 aromatic heterocycles. The predicted molar refractivity (Wildman–Crippen MR) is 95.9 cm³/mol. The molecule has 26 heavy (non-hydrogen) atoms. The van der Waals surface area contributed by atoms with Gasteiger partial charge in [0, 0.05) is 18.2 Å². The van der Waals surface area contributed by atoms with E-state index in [4.69, 9.17) is 15.1 Å². The molecule has 9 heteroatoms. The molecule has 3 heterocycles. The van der Waals surface area contributed by atoms with Crippen LogP contribution in [0.5, 0.6) is 0 Å². The summed E-state index contributed by atoms with van der Waals surface area (Å²) in [7, 11) is 0. The Morgan fingerprint density at radius 3 is 2.77 bits per heavy atom. The zero-order valence-corrected chi connectivity index (χ0v) is 14.8. The van der Waals surface area contributed by atoms with Crippen LogP contribution in [0.15, 0.2) is 40.2 Å². The lowest BCUT2D eigenvalue weighted by atomic mass is 9.91. The molecule has 2 atom stereocenters. The molecule has 0 bridgehead atoms. The normalized spacial score (nSPS) is 23.8. The fourth-order valence-corrected chi connectivity index (χ4v) is 4.38. The number of oxime groups is 1. The molecule has 2 unspecified atom stereocenters. The molecular formula is C17H19FN4O3S. The van der Waals surface area contributed by atoms with E-state index in [-0.39, 0.29) is 18.3 Å². The molecule has 1 aromatic carbocycles. The van der Waals surface area contributed by atoms with Gasteiger partial charge in [0.15, 0.2) is 6.10 Å². The monoisotopic (exact) mass is 378 g/mol. The molecular weight excluding hydrogens is 359 g/mol. The summed E-state index contributed by atoms with van der Waals surface area (Å²) in [6.07, 6.45) is 1.03. The van der Waals surface area contributed by atoms with Crippen molar-refractivity contribution in [3.05, 3.63) is 47.6 Å². The smallest absolute Gasteiger partial charge is 0.182 e. The van der Waals surface area contributed by atoms with Crippen LogP contribution < -0.4 is 10.6 Å². The van der Waals surface area contributed by atoms with Crippen molar-refractivity contribution in [2.45, 2.75) is 6.10 Å². The Balaban J connectivity index is 1.55. The van der Waals surface area contributed by atoms with Crippen LogP contribution >= 0.6 is 0 Å². The first kappa shape index (κ1) is 17.3. The summed E-state index contributed by atoms with van der Waals surface area (Å²) < 4.78 is 31.1. The van der Waals surface area contributed by atoms with E-state index in [1.54, 1.807) is 12.1 Å². The molecule has 0 radical (unpaired) electrons. The number of aromatic nitrogens is 1. The molecule has 1 saturated heterocycles. The topological polar surface area (TPSA) is 99.9 Å². The van der Waals surface area contributed by atoms with Crippen LogP contribution in [0.1, 0.15) is 17.4 Å². The largest absolute Gasteiger partial charge is 0.616 e. The van der Waals surface area contributed by atoms with Gasteiger partial charge >= 0.3 is 0 Å². The van der Waals surface area contributed by atoms with Crippen LogP contribution in [-0.4, -0.2) is 46.6 Å². The van der Waals surface area contributed by atoms with Crippen LogP contribution in [0.25, 0.3) is 0 Å². The fraction of sp³-hybridized carbons (Fsp3) is 0.412. The summed E-state index contributed by atoms with van der Waals surface area (Å²) in [5, 5.41) is 8.01. The average Bonchev–Trinajstić information content (AvgIpc) is 3.31. The first-order valence-corrected chi connectivity index (χ1v) is 9.90. The lowest BCUT2D eigenvalue weighted by molar-refractivity contribution is 0.0575. The zero-order chi connectivity index (χ0) is 18.1. The van der Waals surface area contributed by atoms with Gasteiger partial charge in [0.25, 0.3) is 0 Å². The molecule has 0 spiro atoms. The Bertz CT molecular complexity index is 793. The van der Waals surface area contributed by atoms with Crippen LogP contribution in [0.4, 0.5) is 10.1 Å². The van der Waals surface area contributed by atoms with Gasteiger partial charge < -0.3 is 24.5 Å². The number of benzene rings is 1. The molecule has 7 nitrogen and oxygen atoms in total. The van der Waals surface area contributed by atoms with E-state index in [9.17, 15) is 8.94 Å². The SMILES string of the molecule is NCC1C(c2ccc(N3CC[S+]([O-])CC3)c(F)c2)=NOC1c1ccon1. The van der Waals surface area contributed by atoms with Gasteiger partial charge in [0.1, 0.15) is 29.3 Å². The van der Waals surface area contributed by atoms with Crippen LogP contribution in [-0.2, 0) is 16.0 Å². The lowest BCUT2D eigenvalue weighted by Gasteiger charge is -2.30. The highest BCUT2D eigenvalue weighted by Crippen LogP contribution is 2.34. The maximum Gasteiger partial charge on any atom is 0.182 e. The van der Waals surface area contributed by atoms with Gasteiger partial charge in [-0.3, -0.25) is 0 Å². The molecule has 2 aliphatic heterocycles. The summed E-state index contributed by atoms with van der Waals surface area (Å²) in [5.74, 6) is 0.563. The Morgan fingerprint density at radius 2 is 2.12 bits per heavy atom. The van der Waals surface area contributed by atoms with Crippen LogP contribution in [0.2, 0.25) is 0 Å². The molecule has 0 saturated carbocycles. The number of halogens is 1. The van der Waals surface area contributed by atoms with Crippen molar-refractivity contribution in [2.24, 2.45) is 16.8 Å². The fourth-order valence-electron chi connectivity index (χ4n) is 3.33. The molecule has 2 aliphatic rings. The van der Waals surface area contributed by atoms with Crippen LogP contribution in [0.3, 0.4) is 0 Å². The van der Waals surface area contributed by atoms with E-state index in [1.807, 2.05) is 11.0 Å². The second-order valence-corrected chi connectivity index (χ2v) is 7.97. The second-order valence-electron chi connectivity index (χ2n) is 6.27. The van der Waals surface area contributed by atoms with Crippen molar-refractivity contribution in [1.82, 2.24) is 5.16 Å². The number of hydrogen-bond acceptors (Lipinski definition) is 7. The molecule has 1 fully saturated rings. The average molecular weight is 378 g/mol. The van der Waals surface area contributed by atoms with E-state index in [0.29, 0.717) is 47.3 Å². The summed E-state index contributed by atoms with van der Waals surface area (Å²) in [6.45, 7) is 1.47. The second kappa shape index (κ2) is 7.26. The Morgan fingerprint density at radius 1 is 1.31 bits per heavy atom. The molecule has 2 aromatic rings. The number of anilines is 1. The standard InChI is InChI=1S/C17H19FN4O3S/c18-13-9-11(1-2-15(13)22-4-7-26(23)8-5-22)16-12(10-19)17(25-21-16)14-3-6-24-20-14/h1-3,6,9,12,17H,4-5,7-8,10,19H2. The Hall–Kier alpha value is -2.10. The quantitative estimate of drug-likeness (QED) is 0.808. The Labute approximate surface area is 153 Å². The van der Waals surface area contributed by atoms with Gasteiger partial charge in [-0.2, -0.15) is 0 Å². The summed E-state index contributed by atoms with van der Waals surface area (Å²) >= 11 is -0.800. The van der Waals surface area contributed by atoms with Gasteiger partial charge in [-0.1, -0.05) is 27.6 Å². The summed E-state index contributed by atoms with van der Waals surface area (Å²) in [5.41, 5.74) is 8.27. The maximum absolute atomic E-state index is 14.7. The minimum Gasteiger partial charge on any atom is -0.616 e. The number of nitrogens with two attached hydrogens (primary N) is 1. The molecule has 2 N–H and O–H groups in total. The maximum atomic E-state index is 14.7. The number of nitrogens with zero attached hydrogens (tertiary/aromatic N) is 3. The van der Waals surface area contributed by atoms with Crippen molar-refractivity contribution in [2.75, 3.05) is 36.0 Å². The van der Waals surface area contributed by atoms with E-state index < -0.39 is 17.3 Å². The third-order valence-electron chi connectivity index (χ3n) is 4.75. The van der Waals surface area contributed by atoms with Crippen molar-refractivity contribution in [3.63, 3.8) is 0 Å². The van der Waals surface area contributed by atoms with Gasteiger partial charge in [0.2, 0.25) is 0 Å². The number of hydrogen-bond donors (Lipinski definition) is 1. The highest BCUT2D eigenvalue weighted by Gasteiger charge is 2.37. The highest BCUT2D eigenvalue weighted by atomic mass is 32.2. The summed E-state index contributed by atoms with van der Waals surface area (Å²) in [4.78, 5) is 7.41. The van der Waals surface area contributed by atoms with Crippen LogP contribution in [0, 0.1) is 11.7 Å². The highest BCUT2D eigenvalue weighted by molar-refractivity contribution is 7.91. The minimum atomic E-state index is -0.800. The molecule has 4 rings (SSSR count). The predicted octanol–water partition coefficient (Wildman–Crippen LogP) is 1.43. The van der Waals surface area contributed by atoms with E-state index in [2.05, 4.69) is 10.3 Å². The van der Waals surface area contributed by atoms with E-state index in [1.165, 1.54) is 12.3 Å². The zero-order valence-electron chi connectivity index (χ0n) is 14.0. The van der Waals surface area contributed by atoms with Gasteiger partial charge in [-0.05, 0) is 12.1 Å². The van der Waals surface area contributed by atoms with Crippen molar-refractivity contribution in [1.29, 1.82) is 0 Å². The third-order valence-corrected chi connectivity index (χ3v) is 6.02. The van der Waals surface area contributed by atoms with E-state index >= 15 is 0 Å². The third kappa shape index (κ3) is 3.17. The van der Waals surface area contributed by atoms with Gasteiger partial charge in [0.05, 0.1) is 30.4 Å². The van der Waals surface area contributed by atoms with Crippen molar-refractivity contribution in [3.8, 4) is 0 Å².